The molecule has 1 fully saturated rings. The predicted octanol–water partition coefficient (Wildman–Crippen LogP) is -1.04. The molecule has 0 aromatic carbocycles. The molecule has 2 N–H and O–H groups in total. The summed E-state index contributed by atoms with van der Waals surface area (Å²) in [6.07, 6.45) is 3.86. The smallest absolute Gasteiger partial charge is 0.191 e. The van der Waals surface area contributed by atoms with Gasteiger partial charge in [0.2, 0.25) is 0 Å². The molecular weight excluding hydrogens is 134 g/mol. The number of nitrogens with one attached hydrogen (secondary N) is 2. The van der Waals surface area contributed by atoms with E-state index in [4.69, 9.17) is 0 Å². The molecule has 0 radical (unpaired) electrons. The van der Waals surface area contributed by atoms with E-state index < -0.39 is 0 Å². The van der Waals surface area contributed by atoms with Gasteiger partial charge in [-0.1, -0.05) is 0 Å². The maximum atomic E-state index is 4.16. The number of hydrogen-bond acceptors (Lipinski definition) is 3. The van der Waals surface area contributed by atoms with Gasteiger partial charge in [-0.25, -0.2) is 0 Å². The van der Waals surface area contributed by atoms with E-state index in [0.717, 1.165) is 17.5 Å². The molecular formula is C5H8N3S+. The van der Waals surface area contributed by atoms with Gasteiger partial charge in [-0.15, -0.1) is 0 Å². The van der Waals surface area contributed by atoms with E-state index in [2.05, 4.69) is 10.4 Å². The maximum Gasteiger partial charge on any atom is 0.286 e. The molecule has 1 atom stereocenters. The summed E-state index contributed by atoms with van der Waals surface area (Å²) in [5, 5.41) is 2.35. The molecule has 0 amide bonds. The second-order valence-corrected chi connectivity index (χ2v) is 3.02. The molecule has 0 spiro atoms. The highest BCUT2D eigenvalue weighted by molar-refractivity contribution is 8.13. The minimum absolute atomic E-state index is 1.07. The summed E-state index contributed by atoms with van der Waals surface area (Å²) in [4.78, 5) is 4.16. The molecule has 2 heterocycles. The second-order valence-electron chi connectivity index (χ2n) is 1.94. The van der Waals surface area contributed by atoms with Gasteiger partial charge in [0.15, 0.2) is 0 Å². The molecule has 0 aromatic heterocycles. The number of quaternary nitrogens is 1. The summed E-state index contributed by atoms with van der Waals surface area (Å²) < 4.78 is 0. The zero-order chi connectivity index (χ0) is 6.10. The molecule has 2 aliphatic rings. The van der Waals surface area contributed by atoms with Crippen molar-refractivity contribution in [2.45, 2.75) is 0 Å². The van der Waals surface area contributed by atoms with Gasteiger partial charge in [-0.2, -0.15) is 15.4 Å². The van der Waals surface area contributed by atoms with Crippen molar-refractivity contribution >= 4 is 16.9 Å². The van der Waals surface area contributed by atoms with Crippen molar-refractivity contribution in [3.05, 3.63) is 12.4 Å². The van der Waals surface area contributed by atoms with Crippen LogP contribution in [0.25, 0.3) is 0 Å². The first-order valence-electron chi connectivity index (χ1n) is 2.95. The van der Waals surface area contributed by atoms with Gasteiger partial charge in [-0.05, 0) is 11.8 Å². The van der Waals surface area contributed by atoms with Crippen LogP contribution in [-0.4, -0.2) is 17.5 Å². The van der Waals surface area contributed by atoms with E-state index in [-0.39, 0.29) is 0 Å². The third-order valence-electron chi connectivity index (χ3n) is 1.32. The first-order chi connectivity index (χ1) is 4.47. The van der Waals surface area contributed by atoms with Gasteiger partial charge in [0, 0.05) is 5.75 Å². The molecule has 0 saturated carbocycles. The number of aliphatic imine (C=N–C) groups is 1. The van der Waals surface area contributed by atoms with Crippen molar-refractivity contribution in [2.24, 2.45) is 4.99 Å². The Morgan fingerprint density at radius 1 is 1.78 bits per heavy atom. The highest BCUT2D eigenvalue weighted by atomic mass is 32.2. The Hall–Kier alpha value is -0.320. The fourth-order valence-electron chi connectivity index (χ4n) is 0.903. The first-order valence-corrected chi connectivity index (χ1v) is 3.94. The third-order valence-corrected chi connectivity index (χ3v) is 2.33. The number of thioether (sulfide) groups is 1. The molecule has 4 heteroatoms. The van der Waals surface area contributed by atoms with E-state index >= 15 is 0 Å². The first kappa shape index (κ1) is 5.46. The van der Waals surface area contributed by atoms with Crippen molar-refractivity contribution in [1.29, 1.82) is 0 Å². The van der Waals surface area contributed by atoms with Gasteiger partial charge in [0.25, 0.3) is 5.17 Å². The normalized spacial score (nSPS) is 32.0. The molecule has 2 rings (SSSR count). The molecule has 0 aromatic rings. The Morgan fingerprint density at radius 2 is 2.78 bits per heavy atom. The Kier molecular flexibility index (Phi) is 1.29. The van der Waals surface area contributed by atoms with Crippen LogP contribution in [0, 0.1) is 0 Å². The summed E-state index contributed by atoms with van der Waals surface area (Å²) in [6, 6.07) is 0. The van der Waals surface area contributed by atoms with E-state index in [1.165, 1.54) is 5.01 Å². The lowest BCUT2D eigenvalue weighted by molar-refractivity contribution is -0.794. The quantitative estimate of drug-likeness (QED) is 0.452. The maximum absolute atomic E-state index is 4.16. The second kappa shape index (κ2) is 2.13. The van der Waals surface area contributed by atoms with Gasteiger partial charge in [0.05, 0.1) is 12.7 Å². The lowest BCUT2D eigenvalue weighted by atomic mass is 10.8. The lowest BCUT2D eigenvalue weighted by Crippen LogP contribution is -3.16. The average Bonchev–Trinajstić information content (AvgIpc) is 2.33. The van der Waals surface area contributed by atoms with Crippen LogP contribution in [-0.2, 0) is 0 Å². The van der Waals surface area contributed by atoms with Crippen molar-refractivity contribution in [1.82, 2.24) is 5.43 Å². The summed E-state index contributed by atoms with van der Waals surface area (Å²) in [5.41, 5.74) is 3.26. The molecule has 0 aliphatic carbocycles. The fourth-order valence-corrected chi connectivity index (χ4v) is 1.73. The van der Waals surface area contributed by atoms with E-state index in [0.29, 0.717) is 0 Å². The number of nitrogens with zero attached hydrogens (tertiary/aromatic N) is 1. The van der Waals surface area contributed by atoms with Crippen LogP contribution < -0.4 is 10.4 Å². The fraction of sp³-hybridized carbons (Fsp3) is 0.400. The van der Waals surface area contributed by atoms with Crippen molar-refractivity contribution in [3.63, 3.8) is 0 Å². The van der Waals surface area contributed by atoms with Crippen molar-refractivity contribution < 1.29 is 5.01 Å². The zero-order valence-corrected chi connectivity index (χ0v) is 5.74. The minimum atomic E-state index is 1.07. The van der Waals surface area contributed by atoms with E-state index in [1.54, 1.807) is 0 Å². The van der Waals surface area contributed by atoms with Crippen LogP contribution in [0.3, 0.4) is 0 Å². The number of fused-ring (bicyclic) bond motifs is 1. The predicted molar refractivity (Wildman–Crippen MR) is 38.0 cm³/mol. The van der Waals surface area contributed by atoms with Crippen LogP contribution >= 0.6 is 11.8 Å². The van der Waals surface area contributed by atoms with Crippen molar-refractivity contribution in [2.75, 3.05) is 12.3 Å². The van der Waals surface area contributed by atoms with Gasteiger partial charge in [-0.3, -0.25) is 0 Å². The molecule has 0 bridgehead atoms. The monoisotopic (exact) mass is 142 g/mol. The standard InChI is InChI=1S/C5H7N3S/c1-3-8-5(6-1)9-4-2-7-8/h1,3,7H,2,4H2/p+1. The largest absolute Gasteiger partial charge is 0.286 e. The van der Waals surface area contributed by atoms with Gasteiger partial charge >= 0.3 is 0 Å². The summed E-state index contributed by atoms with van der Waals surface area (Å²) >= 11 is 1.82. The Labute approximate surface area is 57.8 Å². The molecule has 1 saturated heterocycles. The Morgan fingerprint density at radius 3 is 3.67 bits per heavy atom. The highest BCUT2D eigenvalue weighted by Crippen LogP contribution is 2.02. The molecule has 3 nitrogen and oxygen atoms in total. The van der Waals surface area contributed by atoms with Crippen LogP contribution in [0.15, 0.2) is 17.4 Å². The molecule has 2 aliphatic heterocycles. The van der Waals surface area contributed by atoms with Gasteiger partial charge in [0.1, 0.15) is 6.20 Å². The Bertz CT molecular complexity index is 175. The third kappa shape index (κ3) is 0.891. The van der Waals surface area contributed by atoms with E-state index in [9.17, 15) is 0 Å². The highest BCUT2D eigenvalue weighted by Gasteiger charge is 2.22. The van der Waals surface area contributed by atoms with E-state index in [1.807, 2.05) is 24.2 Å². The Balaban J connectivity index is 2.16. The zero-order valence-electron chi connectivity index (χ0n) is 4.92. The van der Waals surface area contributed by atoms with Crippen LogP contribution in [0.1, 0.15) is 0 Å². The van der Waals surface area contributed by atoms with Gasteiger partial charge < -0.3 is 0 Å². The topological polar surface area (TPSA) is 28.8 Å². The molecule has 1 unspecified atom stereocenters. The minimum Gasteiger partial charge on any atom is -0.191 e. The number of amidine groups is 1. The van der Waals surface area contributed by atoms with Crippen LogP contribution in [0.5, 0.6) is 0 Å². The number of hydrogen-bond donors (Lipinski definition) is 2. The van der Waals surface area contributed by atoms with Crippen LogP contribution in [0.4, 0.5) is 0 Å². The van der Waals surface area contributed by atoms with Crippen molar-refractivity contribution in [3.8, 4) is 0 Å². The molecule has 9 heavy (non-hydrogen) atoms. The van der Waals surface area contributed by atoms with Crippen LogP contribution in [0.2, 0.25) is 0 Å². The average molecular weight is 142 g/mol. The summed E-state index contributed by atoms with van der Waals surface area (Å²) in [5.74, 6) is 1.14. The lowest BCUT2D eigenvalue weighted by Gasteiger charge is -2.16. The molecule has 48 valence electrons. The number of rotatable bonds is 0. The SMILES string of the molecule is C1=C[NH+]2NCCSC2=N1. The summed E-state index contributed by atoms with van der Waals surface area (Å²) in [6.45, 7) is 1.07. The summed E-state index contributed by atoms with van der Waals surface area (Å²) in [7, 11) is 0.